The minimum atomic E-state index is -0.355. The third kappa shape index (κ3) is 3.11. The van der Waals surface area contributed by atoms with Crippen LogP contribution in [0.2, 0.25) is 0 Å². The molecule has 1 aromatic heterocycles. The Kier molecular flexibility index (Phi) is 3.25. The fraction of sp³-hybridized carbons (Fsp3) is 0.333. The van der Waals surface area contributed by atoms with Crippen molar-refractivity contribution in [1.29, 1.82) is 0 Å². The molecule has 1 rings (SSSR count). The smallest absolute Gasteiger partial charge is 0.333 e. The second kappa shape index (κ2) is 4.45. The zero-order valence-corrected chi connectivity index (χ0v) is 7.54. The van der Waals surface area contributed by atoms with Crippen LogP contribution < -0.4 is 0 Å². The van der Waals surface area contributed by atoms with E-state index in [0.717, 1.165) is 5.82 Å². The van der Waals surface area contributed by atoms with Gasteiger partial charge in [-0.2, -0.15) is 0 Å². The molecule has 0 amide bonds. The van der Waals surface area contributed by atoms with Crippen molar-refractivity contribution in [3.05, 3.63) is 30.4 Å². The maximum Gasteiger partial charge on any atom is 0.333 e. The Balaban J connectivity index is 2.22. The van der Waals surface area contributed by atoms with Crippen LogP contribution in [0.1, 0.15) is 12.7 Å². The third-order valence-electron chi connectivity index (χ3n) is 1.48. The van der Waals surface area contributed by atoms with E-state index >= 15 is 0 Å². The first kappa shape index (κ1) is 9.51. The summed E-state index contributed by atoms with van der Waals surface area (Å²) in [5, 5.41) is 0. The summed E-state index contributed by atoms with van der Waals surface area (Å²) in [5.41, 5.74) is 0.416. The van der Waals surface area contributed by atoms with Gasteiger partial charge in [0.25, 0.3) is 0 Å². The molecule has 0 radical (unpaired) electrons. The van der Waals surface area contributed by atoms with Crippen LogP contribution in [0.5, 0.6) is 0 Å². The lowest BCUT2D eigenvalue weighted by atomic mass is 10.3. The SMILES string of the molecule is C=C(C)C(=O)OCCc1ncc[nH]1. The molecule has 0 bridgehead atoms. The maximum atomic E-state index is 10.9. The van der Waals surface area contributed by atoms with Gasteiger partial charge in [-0.15, -0.1) is 0 Å². The van der Waals surface area contributed by atoms with Gasteiger partial charge in [0.05, 0.1) is 6.61 Å². The van der Waals surface area contributed by atoms with Gasteiger partial charge in [0.2, 0.25) is 0 Å². The van der Waals surface area contributed by atoms with E-state index in [4.69, 9.17) is 4.74 Å². The normalized spacial score (nSPS) is 9.62. The summed E-state index contributed by atoms with van der Waals surface area (Å²) in [6.45, 7) is 5.43. The molecule has 13 heavy (non-hydrogen) atoms. The third-order valence-corrected chi connectivity index (χ3v) is 1.48. The monoisotopic (exact) mass is 180 g/mol. The number of aromatic amines is 1. The molecule has 0 unspecified atom stereocenters. The summed E-state index contributed by atoms with van der Waals surface area (Å²) in [7, 11) is 0. The Morgan fingerprint density at radius 3 is 3.08 bits per heavy atom. The Morgan fingerprint density at radius 1 is 1.77 bits per heavy atom. The van der Waals surface area contributed by atoms with Crippen molar-refractivity contribution in [2.24, 2.45) is 0 Å². The van der Waals surface area contributed by atoms with Crippen LogP contribution in [-0.4, -0.2) is 22.5 Å². The van der Waals surface area contributed by atoms with E-state index in [9.17, 15) is 4.79 Å². The summed E-state index contributed by atoms with van der Waals surface area (Å²) < 4.78 is 4.88. The number of ether oxygens (including phenoxy) is 1. The molecule has 1 N–H and O–H groups in total. The van der Waals surface area contributed by atoms with E-state index in [-0.39, 0.29) is 5.97 Å². The van der Waals surface area contributed by atoms with Gasteiger partial charge in [0.1, 0.15) is 5.82 Å². The Morgan fingerprint density at radius 2 is 2.54 bits per heavy atom. The van der Waals surface area contributed by atoms with E-state index in [0.29, 0.717) is 18.6 Å². The number of nitrogens with zero attached hydrogens (tertiary/aromatic N) is 1. The lowest BCUT2D eigenvalue weighted by Gasteiger charge is -2.01. The highest BCUT2D eigenvalue weighted by molar-refractivity contribution is 5.86. The minimum absolute atomic E-state index is 0.333. The van der Waals surface area contributed by atoms with Crippen molar-refractivity contribution >= 4 is 5.97 Å². The molecule has 4 nitrogen and oxygen atoms in total. The van der Waals surface area contributed by atoms with Crippen LogP contribution >= 0.6 is 0 Å². The minimum Gasteiger partial charge on any atom is -0.462 e. The van der Waals surface area contributed by atoms with Gasteiger partial charge in [-0.05, 0) is 6.92 Å². The molecule has 0 fully saturated rings. The van der Waals surface area contributed by atoms with Crippen molar-refractivity contribution in [2.75, 3.05) is 6.61 Å². The van der Waals surface area contributed by atoms with Gasteiger partial charge < -0.3 is 9.72 Å². The lowest BCUT2D eigenvalue weighted by Crippen LogP contribution is -2.08. The standard InChI is InChI=1S/C9H12N2O2/c1-7(2)9(12)13-6-3-8-10-4-5-11-8/h4-5H,1,3,6H2,2H3,(H,10,11). The number of carbonyl (C=O) groups is 1. The van der Waals surface area contributed by atoms with Crippen LogP contribution in [0.3, 0.4) is 0 Å². The topological polar surface area (TPSA) is 55.0 Å². The molecule has 70 valence electrons. The Labute approximate surface area is 76.6 Å². The van der Waals surface area contributed by atoms with Crippen LogP contribution in [0, 0.1) is 0 Å². The predicted molar refractivity (Wildman–Crippen MR) is 48.1 cm³/mol. The van der Waals surface area contributed by atoms with E-state index in [1.165, 1.54) is 0 Å². The number of hydrogen-bond donors (Lipinski definition) is 1. The summed E-state index contributed by atoms with van der Waals surface area (Å²) in [6.07, 6.45) is 4.00. The number of nitrogens with one attached hydrogen (secondary N) is 1. The summed E-state index contributed by atoms with van der Waals surface area (Å²) in [6, 6.07) is 0. The molecule has 0 saturated carbocycles. The number of imidazole rings is 1. The fourth-order valence-electron chi connectivity index (χ4n) is 0.798. The first-order chi connectivity index (χ1) is 6.20. The fourth-order valence-corrected chi connectivity index (χ4v) is 0.798. The second-order valence-electron chi connectivity index (χ2n) is 2.70. The van der Waals surface area contributed by atoms with Crippen LogP contribution in [-0.2, 0) is 16.0 Å². The van der Waals surface area contributed by atoms with E-state index < -0.39 is 0 Å². The van der Waals surface area contributed by atoms with Gasteiger partial charge in [-0.3, -0.25) is 0 Å². The van der Waals surface area contributed by atoms with Crippen molar-refractivity contribution in [2.45, 2.75) is 13.3 Å². The number of rotatable bonds is 4. The summed E-state index contributed by atoms with van der Waals surface area (Å²) in [4.78, 5) is 17.8. The van der Waals surface area contributed by atoms with Gasteiger partial charge >= 0.3 is 5.97 Å². The van der Waals surface area contributed by atoms with Gasteiger partial charge in [-0.1, -0.05) is 6.58 Å². The first-order valence-corrected chi connectivity index (χ1v) is 4.01. The van der Waals surface area contributed by atoms with E-state index in [1.807, 2.05) is 0 Å². The molecule has 4 heteroatoms. The Hall–Kier alpha value is -1.58. The molecule has 1 heterocycles. The maximum absolute atomic E-state index is 10.9. The van der Waals surface area contributed by atoms with E-state index in [2.05, 4.69) is 16.5 Å². The molecule has 0 saturated heterocycles. The van der Waals surface area contributed by atoms with Gasteiger partial charge in [-0.25, -0.2) is 9.78 Å². The van der Waals surface area contributed by atoms with Crippen molar-refractivity contribution in [3.8, 4) is 0 Å². The summed E-state index contributed by atoms with van der Waals surface area (Å²) >= 11 is 0. The molecule has 0 atom stereocenters. The van der Waals surface area contributed by atoms with E-state index in [1.54, 1.807) is 19.3 Å². The molecule has 0 aromatic carbocycles. The summed E-state index contributed by atoms with van der Waals surface area (Å²) in [5.74, 6) is 0.459. The molecule has 1 aromatic rings. The quantitative estimate of drug-likeness (QED) is 0.557. The second-order valence-corrected chi connectivity index (χ2v) is 2.70. The average Bonchev–Trinajstić information content (AvgIpc) is 2.56. The number of carbonyl (C=O) groups excluding carboxylic acids is 1. The number of esters is 1. The molecule has 0 aliphatic heterocycles. The lowest BCUT2D eigenvalue weighted by molar-refractivity contribution is -0.138. The number of hydrogen-bond acceptors (Lipinski definition) is 3. The molecule has 0 spiro atoms. The molecular formula is C9H12N2O2. The van der Waals surface area contributed by atoms with Crippen LogP contribution in [0.15, 0.2) is 24.5 Å². The highest BCUT2D eigenvalue weighted by Crippen LogP contribution is 1.95. The highest BCUT2D eigenvalue weighted by Gasteiger charge is 2.02. The van der Waals surface area contributed by atoms with Crippen LogP contribution in [0.25, 0.3) is 0 Å². The first-order valence-electron chi connectivity index (χ1n) is 4.01. The zero-order chi connectivity index (χ0) is 9.68. The average molecular weight is 180 g/mol. The Bertz CT molecular complexity index is 291. The highest BCUT2D eigenvalue weighted by atomic mass is 16.5. The van der Waals surface area contributed by atoms with Crippen molar-refractivity contribution < 1.29 is 9.53 Å². The van der Waals surface area contributed by atoms with Crippen LogP contribution in [0.4, 0.5) is 0 Å². The zero-order valence-electron chi connectivity index (χ0n) is 7.54. The molecule has 0 aliphatic carbocycles. The molecular weight excluding hydrogens is 168 g/mol. The number of aromatic nitrogens is 2. The van der Waals surface area contributed by atoms with Gasteiger partial charge in [0, 0.05) is 24.4 Å². The van der Waals surface area contributed by atoms with Crippen molar-refractivity contribution in [3.63, 3.8) is 0 Å². The number of H-pyrrole nitrogens is 1. The van der Waals surface area contributed by atoms with Crippen molar-refractivity contribution in [1.82, 2.24) is 9.97 Å². The van der Waals surface area contributed by atoms with Gasteiger partial charge in [0.15, 0.2) is 0 Å². The molecule has 0 aliphatic rings. The largest absolute Gasteiger partial charge is 0.462 e. The predicted octanol–water partition coefficient (Wildman–Crippen LogP) is 1.07.